The minimum Gasteiger partial charge on any atom is -0.453 e. The number of hydrogen-bond donors (Lipinski definition) is 2. The Labute approximate surface area is 201 Å². The number of piperidine rings is 1. The summed E-state index contributed by atoms with van der Waals surface area (Å²) in [6.07, 6.45) is 1.47. The zero-order valence-electron chi connectivity index (χ0n) is 18.7. The van der Waals surface area contributed by atoms with Gasteiger partial charge in [0.05, 0.1) is 19.2 Å². The molecule has 170 valence electrons. The highest BCUT2D eigenvalue weighted by atomic mass is 127. The molecular weight excluding hydrogens is 507 g/mol. The number of rotatable bonds is 5. The Morgan fingerprint density at radius 3 is 2.65 bits per heavy atom. The molecule has 9 heteroatoms. The van der Waals surface area contributed by atoms with E-state index < -0.39 is 0 Å². The van der Waals surface area contributed by atoms with E-state index in [-0.39, 0.29) is 36.1 Å². The number of nitrogens with one attached hydrogen (secondary N) is 2. The number of aliphatic imine (C=N–C) groups is 1. The lowest BCUT2D eigenvalue weighted by atomic mass is 10.1. The smallest absolute Gasteiger partial charge is 0.409 e. The fourth-order valence-corrected chi connectivity index (χ4v) is 3.60. The van der Waals surface area contributed by atoms with Crippen molar-refractivity contribution in [3.05, 3.63) is 35.9 Å². The van der Waals surface area contributed by atoms with Gasteiger partial charge in [-0.2, -0.15) is 0 Å². The summed E-state index contributed by atoms with van der Waals surface area (Å²) in [5.74, 6) is 1.72. The lowest BCUT2D eigenvalue weighted by molar-refractivity contribution is 0.111. The van der Waals surface area contributed by atoms with E-state index in [1.54, 1.807) is 4.90 Å². The Balaban J connectivity index is 0.00000341. The molecule has 0 atom stereocenters. The van der Waals surface area contributed by atoms with Crippen LogP contribution < -0.4 is 15.5 Å². The fourth-order valence-electron chi connectivity index (χ4n) is 3.60. The number of nitrogens with zero attached hydrogens (tertiary/aromatic N) is 4. The summed E-state index contributed by atoms with van der Waals surface area (Å²) in [4.78, 5) is 25.0. The predicted octanol–water partition coefficient (Wildman–Crippen LogP) is 3.20. The molecule has 3 rings (SSSR count). The number of halogens is 1. The molecule has 2 aromatic rings. The number of likely N-dealkylation sites (tertiary alicyclic amines) is 1. The predicted molar refractivity (Wildman–Crippen MR) is 136 cm³/mol. The molecule has 2 heterocycles. The molecule has 0 bridgehead atoms. The molecule has 31 heavy (non-hydrogen) atoms. The number of aromatic nitrogens is 1. The average Bonchev–Trinajstić information content (AvgIpc) is 2.77. The number of pyridine rings is 1. The summed E-state index contributed by atoms with van der Waals surface area (Å²) >= 11 is 0. The number of ether oxygens (including phenoxy) is 1. The first-order valence-electron chi connectivity index (χ1n) is 10.5. The normalized spacial score (nSPS) is 14.7. The maximum Gasteiger partial charge on any atom is 0.409 e. The minimum atomic E-state index is -0.254. The van der Waals surface area contributed by atoms with Gasteiger partial charge < -0.3 is 25.2 Å². The Kier molecular flexibility index (Phi) is 9.60. The van der Waals surface area contributed by atoms with Gasteiger partial charge in [-0.3, -0.25) is 0 Å². The molecule has 1 amide bonds. The van der Waals surface area contributed by atoms with Crippen LogP contribution in [0.2, 0.25) is 0 Å². The van der Waals surface area contributed by atoms with Crippen molar-refractivity contribution in [2.75, 3.05) is 45.7 Å². The number of amides is 1. The van der Waals surface area contributed by atoms with Crippen LogP contribution in [0.3, 0.4) is 0 Å². The van der Waals surface area contributed by atoms with Crippen LogP contribution in [0.5, 0.6) is 0 Å². The van der Waals surface area contributed by atoms with Gasteiger partial charge in [-0.1, -0.05) is 18.2 Å². The molecule has 0 spiro atoms. The van der Waals surface area contributed by atoms with E-state index >= 15 is 0 Å². The van der Waals surface area contributed by atoms with Crippen molar-refractivity contribution in [2.45, 2.75) is 32.4 Å². The van der Waals surface area contributed by atoms with Crippen molar-refractivity contribution < 1.29 is 9.53 Å². The van der Waals surface area contributed by atoms with Crippen LogP contribution in [0.1, 0.15) is 25.3 Å². The van der Waals surface area contributed by atoms with Gasteiger partial charge in [0.1, 0.15) is 5.82 Å². The summed E-state index contributed by atoms with van der Waals surface area (Å²) in [7, 11) is 5.42. The first-order valence-corrected chi connectivity index (χ1v) is 10.5. The topological polar surface area (TPSA) is 82.1 Å². The SMILES string of the molecule is CCNC(=NCc1cc(N(C)C)nc2ccccc12)NC1CCN(C(=O)OC)CC1.I. The molecule has 1 saturated heterocycles. The summed E-state index contributed by atoms with van der Waals surface area (Å²) in [6.45, 7) is 4.77. The number of fused-ring (bicyclic) bond motifs is 1. The van der Waals surface area contributed by atoms with Crippen molar-refractivity contribution >= 4 is 52.8 Å². The highest BCUT2D eigenvalue weighted by molar-refractivity contribution is 14.0. The number of methoxy groups -OCH3 is 1. The number of carbonyl (C=O) groups is 1. The van der Waals surface area contributed by atoms with Gasteiger partial charge in [0, 0.05) is 45.2 Å². The number of guanidine groups is 1. The monoisotopic (exact) mass is 540 g/mol. The molecule has 1 aromatic heterocycles. The minimum absolute atomic E-state index is 0. The van der Waals surface area contributed by atoms with Crippen LogP contribution in [0.4, 0.5) is 10.6 Å². The lowest BCUT2D eigenvalue weighted by Crippen LogP contribution is -2.49. The molecule has 1 aromatic carbocycles. The standard InChI is InChI=1S/C22H32N6O2.HI/c1-5-23-21(25-17-10-12-28(13-11-17)22(29)30-4)24-15-16-14-20(27(2)3)26-19-9-7-6-8-18(16)19;/h6-9,14,17H,5,10-13,15H2,1-4H3,(H2,23,24,25);1H. The highest BCUT2D eigenvalue weighted by Crippen LogP contribution is 2.22. The van der Waals surface area contributed by atoms with Crippen LogP contribution in [0.25, 0.3) is 10.9 Å². The number of anilines is 1. The first kappa shape index (κ1) is 25.0. The maximum absolute atomic E-state index is 11.7. The third-order valence-electron chi connectivity index (χ3n) is 5.27. The molecule has 8 nitrogen and oxygen atoms in total. The van der Waals surface area contributed by atoms with Gasteiger partial charge in [0.2, 0.25) is 0 Å². The molecule has 0 saturated carbocycles. The van der Waals surface area contributed by atoms with E-state index in [2.05, 4.69) is 29.7 Å². The Hall–Kier alpha value is -2.30. The molecule has 1 fully saturated rings. The highest BCUT2D eigenvalue weighted by Gasteiger charge is 2.23. The molecule has 0 unspecified atom stereocenters. The average molecular weight is 540 g/mol. The van der Waals surface area contributed by atoms with E-state index in [0.717, 1.165) is 47.6 Å². The summed E-state index contributed by atoms with van der Waals surface area (Å²) < 4.78 is 4.82. The van der Waals surface area contributed by atoms with Gasteiger partial charge in [0.15, 0.2) is 5.96 Å². The summed E-state index contributed by atoms with van der Waals surface area (Å²) in [6, 6.07) is 10.5. The van der Waals surface area contributed by atoms with Gasteiger partial charge in [0.25, 0.3) is 0 Å². The van der Waals surface area contributed by atoms with Crippen LogP contribution in [-0.4, -0.2) is 68.8 Å². The molecule has 0 radical (unpaired) electrons. The van der Waals surface area contributed by atoms with Crippen LogP contribution in [0.15, 0.2) is 35.3 Å². The third-order valence-corrected chi connectivity index (χ3v) is 5.27. The van der Waals surface area contributed by atoms with Crippen molar-refractivity contribution in [3.63, 3.8) is 0 Å². The second-order valence-electron chi connectivity index (χ2n) is 7.62. The quantitative estimate of drug-likeness (QED) is 0.345. The van der Waals surface area contributed by atoms with Gasteiger partial charge in [-0.15, -0.1) is 24.0 Å². The summed E-state index contributed by atoms with van der Waals surface area (Å²) in [5, 5.41) is 7.98. The van der Waals surface area contributed by atoms with Crippen molar-refractivity contribution in [2.24, 2.45) is 4.99 Å². The Morgan fingerprint density at radius 1 is 1.29 bits per heavy atom. The maximum atomic E-state index is 11.7. The number of benzene rings is 1. The van der Waals surface area contributed by atoms with Gasteiger partial charge >= 0.3 is 6.09 Å². The van der Waals surface area contributed by atoms with E-state index in [0.29, 0.717) is 19.6 Å². The Bertz CT molecular complexity index is 897. The van der Waals surface area contributed by atoms with E-state index in [9.17, 15) is 4.79 Å². The lowest BCUT2D eigenvalue weighted by Gasteiger charge is -2.32. The number of para-hydroxylation sites is 1. The number of hydrogen-bond acceptors (Lipinski definition) is 5. The summed E-state index contributed by atoms with van der Waals surface area (Å²) in [5.41, 5.74) is 2.11. The van der Waals surface area contributed by atoms with Crippen LogP contribution in [0, 0.1) is 0 Å². The fraction of sp³-hybridized carbons (Fsp3) is 0.500. The van der Waals surface area contributed by atoms with Crippen molar-refractivity contribution in [1.29, 1.82) is 0 Å². The van der Waals surface area contributed by atoms with Crippen molar-refractivity contribution in [3.8, 4) is 0 Å². The third kappa shape index (κ3) is 6.59. The second kappa shape index (κ2) is 11.9. The largest absolute Gasteiger partial charge is 0.453 e. The molecule has 2 N–H and O–H groups in total. The van der Waals surface area contributed by atoms with E-state index in [4.69, 9.17) is 14.7 Å². The number of carbonyl (C=O) groups excluding carboxylic acids is 1. The molecule has 1 aliphatic rings. The molecule has 0 aliphatic carbocycles. The van der Waals surface area contributed by atoms with Gasteiger partial charge in [-0.25, -0.2) is 14.8 Å². The van der Waals surface area contributed by atoms with E-state index in [1.165, 1.54) is 7.11 Å². The molecular formula is C22H33IN6O2. The van der Waals surface area contributed by atoms with E-state index in [1.807, 2.05) is 37.2 Å². The Morgan fingerprint density at radius 2 is 2.00 bits per heavy atom. The molecule has 1 aliphatic heterocycles. The first-order chi connectivity index (χ1) is 14.5. The zero-order valence-corrected chi connectivity index (χ0v) is 21.1. The zero-order chi connectivity index (χ0) is 21.5. The second-order valence-corrected chi connectivity index (χ2v) is 7.62. The van der Waals surface area contributed by atoms with Crippen LogP contribution in [-0.2, 0) is 11.3 Å². The van der Waals surface area contributed by atoms with Crippen molar-refractivity contribution in [1.82, 2.24) is 20.5 Å². The van der Waals surface area contributed by atoms with Crippen LogP contribution >= 0.6 is 24.0 Å². The van der Waals surface area contributed by atoms with Gasteiger partial charge in [-0.05, 0) is 37.5 Å².